The SMILES string of the molecule is Cc1ccccc1-n1ncnc1C(=O)O. The summed E-state index contributed by atoms with van der Waals surface area (Å²) in [6, 6.07) is 7.41. The maximum absolute atomic E-state index is 10.8. The first-order valence-electron chi connectivity index (χ1n) is 4.39. The van der Waals surface area contributed by atoms with Gasteiger partial charge >= 0.3 is 5.97 Å². The summed E-state index contributed by atoms with van der Waals surface area (Å²) in [7, 11) is 0. The molecule has 5 nitrogen and oxygen atoms in total. The molecule has 5 heteroatoms. The molecular formula is C10H9N3O2. The van der Waals surface area contributed by atoms with E-state index in [-0.39, 0.29) is 5.82 Å². The minimum atomic E-state index is -1.09. The quantitative estimate of drug-likeness (QED) is 0.798. The molecule has 0 unspecified atom stereocenters. The van der Waals surface area contributed by atoms with Crippen LogP contribution in [0.4, 0.5) is 0 Å². The van der Waals surface area contributed by atoms with Crippen LogP contribution in [0, 0.1) is 6.92 Å². The molecule has 76 valence electrons. The lowest BCUT2D eigenvalue weighted by atomic mass is 10.2. The average Bonchev–Trinajstić information content (AvgIpc) is 2.67. The van der Waals surface area contributed by atoms with Crippen molar-refractivity contribution in [1.29, 1.82) is 0 Å². The molecule has 15 heavy (non-hydrogen) atoms. The fourth-order valence-corrected chi connectivity index (χ4v) is 1.36. The number of rotatable bonds is 2. The normalized spacial score (nSPS) is 10.2. The monoisotopic (exact) mass is 203 g/mol. The van der Waals surface area contributed by atoms with Crippen LogP contribution in [0.5, 0.6) is 0 Å². The lowest BCUT2D eigenvalue weighted by molar-refractivity contribution is 0.0680. The minimum absolute atomic E-state index is 0.0794. The van der Waals surface area contributed by atoms with Crippen molar-refractivity contribution in [3.05, 3.63) is 42.0 Å². The van der Waals surface area contributed by atoms with E-state index in [4.69, 9.17) is 5.11 Å². The van der Waals surface area contributed by atoms with Crippen LogP contribution in [0.3, 0.4) is 0 Å². The molecule has 0 aliphatic carbocycles. The third-order valence-corrected chi connectivity index (χ3v) is 2.08. The number of benzene rings is 1. The summed E-state index contributed by atoms with van der Waals surface area (Å²) in [6.45, 7) is 1.89. The number of carboxylic acid groups (broad SMARTS) is 1. The zero-order valence-electron chi connectivity index (χ0n) is 8.08. The number of carboxylic acids is 1. The largest absolute Gasteiger partial charge is 0.475 e. The standard InChI is InChI=1S/C10H9N3O2/c1-7-4-2-3-5-8(7)13-9(10(14)15)11-6-12-13/h2-6H,1H3,(H,14,15). The summed E-state index contributed by atoms with van der Waals surface area (Å²) < 4.78 is 1.32. The molecule has 0 aliphatic rings. The van der Waals surface area contributed by atoms with Crippen LogP contribution in [0.1, 0.15) is 16.2 Å². The van der Waals surface area contributed by atoms with E-state index >= 15 is 0 Å². The molecule has 0 radical (unpaired) electrons. The maximum atomic E-state index is 10.8. The van der Waals surface area contributed by atoms with Crippen molar-refractivity contribution in [1.82, 2.24) is 14.8 Å². The summed E-state index contributed by atoms with van der Waals surface area (Å²) in [4.78, 5) is 14.5. The Balaban J connectivity index is 2.59. The number of aromatic carboxylic acids is 1. The molecule has 0 saturated carbocycles. The number of carbonyl (C=O) groups is 1. The molecule has 0 fully saturated rings. The number of para-hydroxylation sites is 1. The smallest absolute Gasteiger partial charge is 0.374 e. The summed E-state index contributed by atoms with van der Waals surface area (Å²) in [6.07, 6.45) is 1.23. The highest BCUT2D eigenvalue weighted by atomic mass is 16.4. The van der Waals surface area contributed by atoms with Gasteiger partial charge in [0.2, 0.25) is 5.82 Å². The molecule has 0 amide bonds. The topological polar surface area (TPSA) is 68.0 Å². The van der Waals surface area contributed by atoms with Crippen molar-refractivity contribution in [2.24, 2.45) is 0 Å². The van der Waals surface area contributed by atoms with Crippen LogP contribution in [0.25, 0.3) is 5.69 Å². The Morgan fingerprint density at radius 1 is 1.40 bits per heavy atom. The second-order valence-electron chi connectivity index (χ2n) is 3.09. The Kier molecular flexibility index (Phi) is 2.21. The van der Waals surface area contributed by atoms with E-state index in [9.17, 15) is 4.79 Å². The molecule has 0 aliphatic heterocycles. The second-order valence-corrected chi connectivity index (χ2v) is 3.09. The van der Waals surface area contributed by atoms with Gasteiger partial charge in [0.25, 0.3) is 0 Å². The molecule has 1 N–H and O–H groups in total. The zero-order chi connectivity index (χ0) is 10.8. The first-order valence-corrected chi connectivity index (χ1v) is 4.39. The van der Waals surface area contributed by atoms with E-state index in [1.165, 1.54) is 11.0 Å². The van der Waals surface area contributed by atoms with Crippen molar-refractivity contribution >= 4 is 5.97 Å². The van der Waals surface area contributed by atoms with Crippen LogP contribution >= 0.6 is 0 Å². The first-order chi connectivity index (χ1) is 7.20. The highest BCUT2D eigenvalue weighted by molar-refractivity contribution is 5.84. The van der Waals surface area contributed by atoms with Crippen LogP contribution in [0.15, 0.2) is 30.6 Å². The maximum Gasteiger partial charge on any atom is 0.374 e. The molecule has 1 aromatic carbocycles. The van der Waals surface area contributed by atoms with Gasteiger partial charge in [0, 0.05) is 0 Å². The van der Waals surface area contributed by atoms with Crippen LogP contribution in [0.2, 0.25) is 0 Å². The van der Waals surface area contributed by atoms with Crippen molar-refractivity contribution < 1.29 is 9.90 Å². The van der Waals surface area contributed by atoms with Crippen LogP contribution < -0.4 is 0 Å². The highest BCUT2D eigenvalue weighted by Gasteiger charge is 2.14. The second kappa shape index (κ2) is 3.53. The molecule has 1 heterocycles. The van der Waals surface area contributed by atoms with Gasteiger partial charge in [-0.2, -0.15) is 5.10 Å². The van der Waals surface area contributed by atoms with Gasteiger partial charge in [-0.15, -0.1) is 0 Å². The summed E-state index contributed by atoms with van der Waals surface area (Å²) in [5.74, 6) is -1.17. The van der Waals surface area contributed by atoms with Gasteiger partial charge in [0.05, 0.1) is 5.69 Å². The van der Waals surface area contributed by atoms with Crippen molar-refractivity contribution in [3.8, 4) is 5.69 Å². The lowest BCUT2D eigenvalue weighted by Crippen LogP contribution is -2.10. The lowest BCUT2D eigenvalue weighted by Gasteiger charge is -2.05. The van der Waals surface area contributed by atoms with Gasteiger partial charge in [-0.05, 0) is 18.6 Å². The Morgan fingerprint density at radius 3 is 2.80 bits per heavy atom. The van der Waals surface area contributed by atoms with Crippen molar-refractivity contribution in [2.75, 3.05) is 0 Å². The van der Waals surface area contributed by atoms with Crippen molar-refractivity contribution in [3.63, 3.8) is 0 Å². The van der Waals surface area contributed by atoms with Gasteiger partial charge in [-0.3, -0.25) is 0 Å². The average molecular weight is 203 g/mol. The fourth-order valence-electron chi connectivity index (χ4n) is 1.36. The molecule has 0 saturated heterocycles. The summed E-state index contributed by atoms with van der Waals surface area (Å²) in [5.41, 5.74) is 1.68. The highest BCUT2D eigenvalue weighted by Crippen LogP contribution is 2.13. The first kappa shape index (κ1) is 9.39. The van der Waals surface area contributed by atoms with Gasteiger partial charge < -0.3 is 5.11 Å². The molecule has 2 aromatic rings. The van der Waals surface area contributed by atoms with E-state index in [1.807, 2.05) is 25.1 Å². The minimum Gasteiger partial charge on any atom is -0.475 e. The van der Waals surface area contributed by atoms with Crippen molar-refractivity contribution in [2.45, 2.75) is 6.92 Å². The van der Waals surface area contributed by atoms with E-state index in [1.54, 1.807) is 6.07 Å². The van der Waals surface area contributed by atoms with Gasteiger partial charge in [-0.1, -0.05) is 18.2 Å². The number of aromatic nitrogens is 3. The molecule has 0 spiro atoms. The zero-order valence-corrected chi connectivity index (χ0v) is 8.08. The number of hydrogen-bond donors (Lipinski definition) is 1. The molecule has 1 aromatic heterocycles. The predicted molar refractivity (Wildman–Crippen MR) is 53.1 cm³/mol. The van der Waals surface area contributed by atoms with Gasteiger partial charge in [0.1, 0.15) is 6.33 Å². The van der Waals surface area contributed by atoms with E-state index in [2.05, 4.69) is 10.1 Å². The Labute approximate surface area is 86.0 Å². The third-order valence-electron chi connectivity index (χ3n) is 2.08. The molecule has 0 atom stereocenters. The summed E-state index contributed by atoms with van der Waals surface area (Å²) >= 11 is 0. The van der Waals surface area contributed by atoms with E-state index in [0.29, 0.717) is 0 Å². The third kappa shape index (κ3) is 1.59. The fraction of sp³-hybridized carbons (Fsp3) is 0.100. The van der Waals surface area contributed by atoms with Crippen LogP contribution in [-0.4, -0.2) is 25.8 Å². The Morgan fingerprint density at radius 2 is 2.13 bits per heavy atom. The molecular weight excluding hydrogens is 194 g/mol. The number of aryl methyl sites for hydroxylation is 1. The van der Waals surface area contributed by atoms with E-state index < -0.39 is 5.97 Å². The van der Waals surface area contributed by atoms with Gasteiger partial charge in [-0.25, -0.2) is 14.5 Å². The Bertz CT molecular complexity index is 505. The van der Waals surface area contributed by atoms with Crippen LogP contribution in [-0.2, 0) is 0 Å². The Hall–Kier alpha value is -2.17. The summed E-state index contributed by atoms with van der Waals surface area (Å²) in [5, 5.41) is 12.8. The number of hydrogen-bond acceptors (Lipinski definition) is 3. The molecule has 2 rings (SSSR count). The molecule has 0 bridgehead atoms. The van der Waals surface area contributed by atoms with E-state index in [0.717, 1.165) is 11.3 Å². The predicted octanol–water partition coefficient (Wildman–Crippen LogP) is 1.27. The number of nitrogens with zero attached hydrogens (tertiary/aromatic N) is 3. The van der Waals surface area contributed by atoms with Gasteiger partial charge in [0.15, 0.2) is 0 Å².